The van der Waals surface area contributed by atoms with Crippen LogP contribution < -0.4 is 20.1 Å². The first kappa shape index (κ1) is 19.7. The molecule has 0 heterocycles. The highest BCUT2D eigenvalue weighted by Crippen LogP contribution is 2.39. The molecule has 3 rings (SSSR count). The summed E-state index contributed by atoms with van der Waals surface area (Å²) < 4.78 is 10.5. The molecule has 0 aromatic heterocycles. The van der Waals surface area contributed by atoms with Crippen LogP contribution in [0.4, 0.5) is 5.69 Å². The zero-order chi connectivity index (χ0) is 20.1. The van der Waals surface area contributed by atoms with Gasteiger partial charge in [0.25, 0.3) is 0 Å². The maximum atomic E-state index is 12.4. The van der Waals surface area contributed by atoms with Gasteiger partial charge in [-0.2, -0.15) is 0 Å². The third-order valence-electron chi connectivity index (χ3n) is 5.01. The van der Waals surface area contributed by atoms with E-state index in [0.29, 0.717) is 24.5 Å². The lowest BCUT2D eigenvalue weighted by atomic mass is 10.1. The Hall–Kier alpha value is -3.02. The van der Waals surface area contributed by atoms with Crippen molar-refractivity contribution < 1.29 is 19.1 Å². The Morgan fingerprint density at radius 1 is 0.929 bits per heavy atom. The Morgan fingerprint density at radius 2 is 1.57 bits per heavy atom. The first-order valence-electron chi connectivity index (χ1n) is 9.44. The second-order valence-electron chi connectivity index (χ2n) is 6.90. The molecule has 0 radical (unpaired) electrons. The number of anilines is 1. The minimum atomic E-state index is -0.268. The topological polar surface area (TPSA) is 76.7 Å². The number of hydrogen-bond acceptors (Lipinski definition) is 4. The molecule has 0 aliphatic heterocycles. The predicted octanol–water partition coefficient (Wildman–Crippen LogP) is 3.16. The summed E-state index contributed by atoms with van der Waals surface area (Å²) in [6, 6.07) is 13.3. The van der Waals surface area contributed by atoms with Crippen LogP contribution in [0.3, 0.4) is 0 Å². The van der Waals surface area contributed by atoms with Gasteiger partial charge in [-0.1, -0.05) is 25.1 Å². The van der Waals surface area contributed by atoms with Gasteiger partial charge in [-0.3, -0.25) is 9.59 Å². The monoisotopic (exact) mass is 382 g/mol. The van der Waals surface area contributed by atoms with Crippen LogP contribution in [0.25, 0.3) is 0 Å². The molecule has 1 aliphatic carbocycles. The van der Waals surface area contributed by atoms with Crippen LogP contribution in [0.15, 0.2) is 42.5 Å². The van der Waals surface area contributed by atoms with Crippen molar-refractivity contribution in [3.8, 4) is 11.5 Å². The molecular weight excluding hydrogens is 356 g/mol. The minimum Gasteiger partial charge on any atom is -0.493 e. The second-order valence-corrected chi connectivity index (χ2v) is 6.90. The van der Waals surface area contributed by atoms with Crippen LogP contribution in [0.1, 0.15) is 24.5 Å². The van der Waals surface area contributed by atoms with Crippen LogP contribution in [0, 0.1) is 11.8 Å². The Bertz CT molecular complexity index is 848. The summed E-state index contributed by atoms with van der Waals surface area (Å²) >= 11 is 0. The molecule has 2 aromatic rings. The van der Waals surface area contributed by atoms with Gasteiger partial charge in [-0.25, -0.2) is 0 Å². The Morgan fingerprint density at radius 3 is 2.21 bits per heavy atom. The molecule has 0 saturated heterocycles. The maximum Gasteiger partial charge on any atom is 0.228 e. The summed E-state index contributed by atoms with van der Waals surface area (Å²) in [4.78, 5) is 24.7. The third kappa shape index (κ3) is 4.63. The van der Waals surface area contributed by atoms with Crippen molar-refractivity contribution in [1.82, 2.24) is 5.32 Å². The highest BCUT2D eigenvalue weighted by atomic mass is 16.5. The van der Waals surface area contributed by atoms with Gasteiger partial charge in [0.2, 0.25) is 11.8 Å². The lowest BCUT2D eigenvalue weighted by molar-refractivity contribution is -0.125. The van der Waals surface area contributed by atoms with Crippen molar-refractivity contribution in [2.75, 3.05) is 19.5 Å². The molecule has 0 bridgehead atoms. The maximum absolute atomic E-state index is 12.4. The highest BCUT2D eigenvalue weighted by Gasteiger charge is 2.47. The number of methoxy groups -OCH3 is 2. The van der Waals surface area contributed by atoms with Crippen molar-refractivity contribution in [2.24, 2.45) is 11.8 Å². The quantitative estimate of drug-likeness (QED) is 0.735. The van der Waals surface area contributed by atoms with Crippen molar-refractivity contribution in [2.45, 2.75) is 26.3 Å². The first-order valence-corrected chi connectivity index (χ1v) is 9.44. The predicted molar refractivity (Wildman–Crippen MR) is 107 cm³/mol. The van der Waals surface area contributed by atoms with Gasteiger partial charge in [-0.15, -0.1) is 0 Å². The van der Waals surface area contributed by atoms with Crippen LogP contribution in [0.2, 0.25) is 0 Å². The number of nitrogens with one attached hydrogen (secondary N) is 2. The molecule has 1 saturated carbocycles. The molecule has 2 unspecified atom stereocenters. The van der Waals surface area contributed by atoms with Crippen LogP contribution in [-0.4, -0.2) is 26.0 Å². The zero-order valence-electron chi connectivity index (χ0n) is 16.5. The van der Waals surface area contributed by atoms with Gasteiger partial charge >= 0.3 is 0 Å². The van der Waals surface area contributed by atoms with E-state index in [1.807, 2.05) is 36.4 Å². The fraction of sp³-hybridized carbons (Fsp3) is 0.364. The number of amides is 2. The van der Waals surface area contributed by atoms with E-state index in [2.05, 4.69) is 17.6 Å². The van der Waals surface area contributed by atoms with Gasteiger partial charge in [0.1, 0.15) is 0 Å². The number of rotatable bonds is 8. The molecule has 0 spiro atoms. The van der Waals surface area contributed by atoms with Crippen molar-refractivity contribution in [3.05, 3.63) is 53.6 Å². The van der Waals surface area contributed by atoms with Gasteiger partial charge in [-0.05, 0) is 48.2 Å². The number of hydrogen-bond donors (Lipinski definition) is 2. The Kier molecular flexibility index (Phi) is 6.19. The molecule has 1 aliphatic rings. The molecule has 28 heavy (non-hydrogen) atoms. The summed E-state index contributed by atoms with van der Waals surface area (Å²) in [6.07, 6.45) is 1.54. The molecule has 148 valence electrons. The SMILES string of the molecule is CCc1ccc(NC(=O)C2CC2C(=O)NCc2ccc(OC)c(OC)c2)cc1. The van der Waals surface area contributed by atoms with Gasteiger partial charge in [0.15, 0.2) is 11.5 Å². The van der Waals surface area contributed by atoms with E-state index < -0.39 is 0 Å². The molecule has 2 amide bonds. The number of carbonyl (C=O) groups is 2. The lowest BCUT2D eigenvalue weighted by Crippen LogP contribution is -2.27. The van der Waals surface area contributed by atoms with E-state index in [1.54, 1.807) is 20.3 Å². The number of benzene rings is 2. The number of ether oxygens (including phenoxy) is 2. The van der Waals surface area contributed by atoms with Crippen LogP contribution in [0.5, 0.6) is 11.5 Å². The molecule has 6 nitrogen and oxygen atoms in total. The minimum absolute atomic E-state index is 0.101. The van der Waals surface area contributed by atoms with Crippen LogP contribution in [-0.2, 0) is 22.6 Å². The first-order chi connectivity index (χ1) is 13.5. The molecule has 1 fully saturated rings. The average molecular weight is 382 g/mol. The van der Waals surface area contributed by atoms with Crippen molar-refractivity contribution in [3.63, 3.8) is 0 Å². The normalized spacial score (nSPS) is 17.5. The fourth-order valence-corrected chi connectivity index (χ4v) is 3.14. The van der Waals surface area contributed by atoms with E-state index >= 15 is 0 Å². The Labute approximate surface area is 165 Å². The average Bonchev–Trinajstić information content (AvgIpc) is 3.53. The van der Waals surface area contributed by atoms with Gasteiger partial charge in [0.05, 0.1) is 26.1 Å². The molecular formula is C22H26N2O4. The highest BCUT2D eigenvalue weighted by molar-refractivity contribution is 5.99. The lowest BCUT2D eigenvalue weighted by Gasteiger charge is -2.10. The summed E-state index contributed by atoms with van der Waals surface area (Å²) in [6.45, 7) is 2.46. The van der Waals surface area contributed by atoms with E-state index in [-0.39, 0.29) is 23.7 Å². The fourth-order valence-electron chi connectivity index (χ4n) is 3.14. The second kappa shape index (κ2) is 8.78. The largest absolute Gasteiger partial charge is 0.493 e. The van der Waals surface area contributed by atoms with Crippen molar-refractivity contribution >= 4 is 17.5 Å². The molecule has 2 atom stereocenters. The van der Waals surface area contributed by atoms with Gasteiger partial charge in [0, 0.05) is 12.2 Å². The summed E-state index contributed by atoms with van der Waals surface area (Å²) in [7, 11) is 3.15. The molecule has 6 heteroatoms. The Balaban J connectivity index is 1.49. The number of carbonyl (C=O) groups excluding carboxylic acids is 2. The summed E-state index contributed by atoms with van der Waals surface area (Å²) in [5.41, 5.74) is 2.89. The smallest absolute Gasteiger partial charge is 0.228 e. The van der Waals surface area contributed by atoms with Gasteiger partial charge < -0.3 is 20.1 Å². The molecule has 2 aromatic carbocycles. The molecule has 2 N–H and O–H groups in total. The third-order valence-corrected chi connectivity index (χ3v) is 5.01. The van der Waals surface area contributed by atoms with E-state index in [1.165, 1.54) is 5.56 Å². The summed E-state index contributed by atoms with van der Waals surface area (Å²) in [5, 5.41) is 5.79. The number of aryl methyl sites for hydroxylation is 1. The zero-order valence-corrected chi connectivity index (χ0v) is 16.5. The van der Waals surface area contributed by atoms with Crippen LogP contribution >= 0.6 is 0 Å². The van der Waals surface area contributed by atoms with E-state index in [9.17, 15) is 9.59 Å². The van der Waals surface area contributed by atoms with Crippen molar-refractivity contribution in [1.29, 1.82) is 0 Å². The summed E-state index contributed by atoms with van der Waals surface area (Å²) in [5.74, 6) is 0.522. The standard InChI is InChI=1S/C22H26N2O4/c1-4-14-5-8-16(9-6-14)24-22(26)18-12-17(18)21(25)23-13-15-7-10-19(27-2)20(11-15)28-3/h5-11,17-18H,4,12-13H2,1-3H3,(H,23,25)(H,24,26). The van der Waals surface area contributed by atoms with E-state index in [4.69, 9.17) is 9.47 Å². The van der Waals surface area contributed by atoms with E-state index in [0.717, 1.165) is 17.7 Å².